The second-order valence-electron chi connectivity index (χ2n) is 3.85. The molecule has 0 aliphatic rings. The first-order valence-corrected chi connectivity index (χ1v) is 5.98. The van der Waals surface area contributed by atoms with E-state index in [1.165, 1.54) is 0 Å². The van der Waals surface area contributed by atoms with Gasteiger partial charge in [-0.25, -0.2) is 4.79 Å². The molecule has 0 aliphatic heterocycles. The minimum Gasteiger partial charge on any atom is -0.462 e. The molecule has 0 spiro atoms. The fraction of sp³-hybridized carbons (Fsp3) is 0.462. The van der Waals surface area contributed by atoms with Crippen LogP contribution in [-0.2, 0) is 16.6 Å². The first-order chi connectivity index (χ1) is 7.95. The maximum absolute atomic E-state index is 11.9. The number of nitrogens with zero attached hydrogens (tertiary/aromatic N) is 1. The number of carbonyl (C=O) groups excluding carboxylic acids is 1. The molecule has 94 valence electrons. The Morgan fingerprint density at radius 2 is 2.06 bits per heavy atom. The van der Waals surface area contributed by atoms with Gasteiger partial charge in [0.25, 0.3) is 0 Å². The van der Waals surface area contributed by atoms with Gasteiger partial charge in [0.15, 0.2) is 0 Å². The van der Waals surface area contributed by atoms with Crippen molar-refractivity contribution in [2.24, 2.45) is 7.05 Å². The van der Waals surface area contributed by atoms with Crippen molar-refractivity contribution in [3.63, 3.8) is 0 Å². The Hall–Kier alpha value is -1.22. The molecule has 0 radical (unpaired) electrons. The smallest absolute Gasteiger partial charge is 0.339 e. The zero-order chi connectivity index (χ0) is 13.2. The highest BCUT2D eigenvalue weighted by molar-refractivity contribution is 6.32. The molecule has 0 fully saturated rings. The molecule has 17 heavy (non-hydrogen) atoms. The van der Waals surface area contributed by atoms with Gasteiger partial charge in [-0.3, -0.25) is 0 Å². The molecule has 1 rings (SSSR count). The molecule has 0 unspecified atom stereocenters. The Morgan fingerprint density at radius 1 is 1.47 bits per heavy atom. The molecule has 1 aromatic heterocycles. The third kappa shape index (κ3) is 2.39. The van der Waals surface area contributed by atoms with E-state index in [2.05, 4.69) is 0 Å². The lowest BCUT2D eigenvalue weighted by atomic mass is 10.1. The lowest BCUT2D eigenvalue weighted by molar-refractivity contribution is -0.136. The summed E-state index contributed by atoms with van der Waals surface area (Å²) in [5.74, 6) is -0.310. The molecule has 4 heteroatoms. The first kappa shape index (κ1) is 13.8. The highest BCUT2D eigenvalue weighted by atomic mass is 35.5. The van der Waals surface area contributed by atoms with Crippen molar-refractivity contribution in [3.8, 4) is 0 Å². The van der Waals surface area contributed by atoms with E-state index < -0.39 is 0 Å². The number of rotatable bonds is 3. The third-order valence-corrected chi connectivity index (χ3v) is 3.44. The van der Waals surface area contributed by atoms with E-state index in [0.29, 0.717) is 17.2 Å². The average molecular weight is 256 g/mol. The average Bonchev–Trinajstić information content (AvgIpc) is 2.48. The molecular formula is C13H18ClNO2. The SMILES string of the molecule is C/C=C(/C(=O)OCC)c1c(C)c(Cl)c(C)n1C. The van der Waals surface area contributed by atoms with Crippen LogP contribution in [0.15, 0.2) is 6.08 Å². The van der Waals surface area contributed by atoms with Crippen LogP contribution in [0.25, 0.3) is 5.57 Å². The number of ether oxygens (including phenoxy) is 1. The molecular weight excluding hydrogens is 238 g/mol. The number of hydrogen-bond acceptors (Lipinski definition) is 2. The fourth-order valence-electron chi connectivity index (χ4n) is 1.88. The quantitative estimate of drug-likeness (QED) is 0.613. The van der Waals surface area contributed by atoms with Gasteiger partial charge in [-0.1, -0.05) is 17.7 Å². The van der Waals surface area contributed by atoms with Crippen molar-refractivity contribution >= 4 is 23.1 Å². The summed E-state index contributed by atoms with van der Waals surface area (Å²) in [6.45, 7) is 7.82. The lowest BCUT2D eigenvalue weighted by Gasteiger charge is -2.10. The van der Waals surface area contributed by atoms with Gasteiger partial charge in [0.1, 0.15) is 0 Å². The molecule has 3 nitrogen and oxygen atoms in total. The zero-order valence-electron chi connectivity index (χ0n) is 10.9. The van der Waals surface area contributed by atoms with Crippen LogP contribution in [0, 0.1) is 13.8 Å². The largest absolute Gasteiger partial charge is 0.462 e. The Balaban J connectivity index is 3.32. The summed E-state index contributed by atoms with van der Waals surface area (Å²) < 4.78 is 6.97. The Morgan fingerprint density at radius 3 is 2.41 bits per heavy atom. The Labute approximate surface area is 107 Å². The number of allylic oxidation sites excluding steroid dienone is 1. The van der Waals surface area contributed by atoms with Crippen molar-refractivity contribution in [2.45, 2.75) is 27.7 Å². The number of esters is 1. The summed E-state index contributed by atoms with van der Waals surface area (Å²) in [6.07, 6.45) is 1.76. The molecule has 0 bridgehead atoms. The molecule has 1 aromatic rings. The van der Waals surface area contributed by atoms with Crippen LogP contribution in [0.1, 0.15) is 30.8 Å². The van der Waals surface area contributed by atoms with Gasteiger partial charge < -0.3 is 9.30 Å². The Bertz CT molecular complexity index is 447. The molecule has 0 saturated carbocycles. The van der Waals surface area contributed by atoms with Gasteiger partial charge in [0.2, 0.25) is 0 Å². The predicted molar refractivity (Wildman–Crippen MR) is 70.2 cm³/mol. The minimum atomic E-state index is -0.310. The van der Waals surface area contributed by atoms with E-state index in [1.807, 2.05) is 32.4 Å². The summed E-state index contributed by atoms with van der Waals surface area (Å²) in [5, 5.41) is 0.700. The van der Waals surface area contributed by atoms with E-state index in [4.69, 9.17) is 16.3 Å². The van der Waals surface area contributed by atoms with Gasteiger partial charge in [0.05, 0.1) is 22.9 Å². The topological polar surface area (TPSA) is 31.2 Å². The van der Waals surface area contributed by atoms with Crippen molar-refractivity contribution in [1.29, 1.82) is 0 Å². The summed E-state index contributed by atoms with van der Waals surface area (Å²) in [4.78, 5) is 11.9. The number of halogens is 1. The normalized spacial score (nSPS) is 11.8. The van der Waals surface area contributed by atoms with Crippen molar-refractivity contribution < 1.29 is 9.53 Å². The first-order valence-electron chi connectivity index (χ1n) is 5.60. The fourth-order valence-corrected chi connectivity index (χ4v) is 2.10. The number of aromatic nitrogens is 1. The van der Waals surface area contributed by atoms with Crippen molar-refractivity contribution in [3.05, 3.63) is 28.0 Å². The number of hydrogen-bond donors (Lipinski definition) is 0. The zero-order valence-corrected chi connectivity index (χ0v) is 11.7. The monoisotopic (exact) mass is 255 g/mol. The van der Waals surface area contributed by atoms with Crippen LogP contribution in [-0.4, -0.2) is 17.1 Å². The number of carbonyl (C=O) groups is 1. The molecule has 0 atom stereocenters. The van der Waals surface area contributed by atoms with E-state index in [1.54, 1.807) is 13.0 Å². The molecule has 0 aliphatic carbocycles. The van der Waals surface area contributed by atoms with Crippen LogP contribution in [0.5, 0.6) is 0 Å². The van der Waals surface area contributed by atoms with Crippen molar-refractivity contribution in [2.75, 3.05) is 6.61 Å². The van der Waals surface area contributed by atoms with Gasteiger partial charge in [-0.2, -0.15) is 0 Å². The lowest BCUT2D eigenvalue weighted by Crippen LogP contribution is -2.10. The molecule has 0 saturated heterocycles. The van der Waals surface area contributed by atoms with Gasteiger partial charge in [-0.15, -0.1) is 0 Å². The van der Waals surface area contributed by atoms with Crippen LogP contribution in [0.2, 0.25) is 5.02 Å². The van der Waals surface area contributed by atoms with Crippen molar-refractivity contribution in [1.82, 2.24) is 4.57 Å². The van der Waals surface area contributed by atoms with Gasteiger partial charge in [0, 0.05) is 12.7 Å². The van der Waals surface area contributed by atoms with E-state index in [-0.39, 0.29) is 5.97 Å². The highest BCUT2D eigenvalue weighted by Gasteiger charge is 2.21. The standard InChI is InChI=1S/C13H18ClNO2/c1-6-10(13(16)17-7-2)12-8(3)11(14)9(4)15(12)5/h6H,7H2,1-5H3/b10-6+. The molecule has 0 amide bonds. The minimum absolute atomic E-state index is 0.310. The molecule has 0 N–H and O–H groups in total. The molecule has 1 heterocycles. The van der Waals surface area contributed by atoms with Crippen LogP contribution >= 0.6 is 11.6 Å². The summed E-state index contributed by atoms with van der Waals surface area (Å²) in [6, 6.07) is 0. The second kappa shape index (κ2) is 5.41. The van der Waals surface area contributed by atoms with Gasteiger partial charge >= 0.3 is 5.97 Å². The van der Waals surface area contributed by atoms with E-state index >= 15 is 0 Å². The maximum Gasteiger partial charge on any atom is 0.339 e. The summed E-state index contributed by atoms with van der Waals surface area (Å²) in [5.41, 5.74) is 3.24. The highest BCUT2D eigenvalue weighted by Crippen LogP contribution is 2.31. The van der Waals surface area contributed by atoms with Crippen LogP contribution in [0.4, 0.5) is 0 Å². The predicted octanol–water partition coefficient (Wildman–Crippen LogP) is 3.26. The second-order valence-corrected chi connectivity index (χ2v) is 4.23. The van der Waals surface area contributed by atoms with Crippen LogP contribution in [0.3, 0.4) is 0 Å². The summed E-state index contributed by atoms with van der Waals surface area (Å²) in [7, 11) is 1.90. The van der Waals surface area contributed by atoms with E-state index in [0.717, 1.165) is 17.0 Å². The van der Waals surface area contributed by atoms with E-state index in [9.17, 15) is 4.79 Å². The van der Waals surface area contributed by atoms with Crippen LogP contribution < -0.4 is 0 Å². The van der Waals surface area contributed by atoms with Gasteiger partial charge in [-0.05, 0) is 33.3 Å². The molecule has 0 aromatic carbocycles. The summed E-state index contributed by atoms with van der Waals surface area (Å²) >= 11 is 6.19. The maximum atomic E-state index is 11.9. The Kier molecular flexibility index (Phi) is 4.40. The third-order valence-electron chi connectivity index (χ3n) is 2.88.